The Hall–Kier alpha value is -3.81. The van der Waals surface area contributed by atoms with E-state index in [-0.39, 0.29) is 18.1 Å². The van der Waals surface area contributed by atoms with Gasteiger partial charge in [0.1, 0.15) is 0 Å². The van der Waals surface area contributed by atoms with Crippen molar-refractivity contribution in [3.8, 4) is 28.3 Å². The summed E-state index contributed by atoms with van der Waals surface area (Å²) in [6.07, 6.45) is 3.17. The number of aromatic nitrogens is 2. The number of fused-ring (bicyclic) bond motifs is 1. The second-order valence-corrected chi connectivity index (χ2v) is 7.31. The van der Waals surface area contributed by atoms with Gasteiger partial charge < -0.3 is 9.84 Å². The number of aliphatic hydroxyl groups excluding tert-OH is 1. The van der Waals surface area contributed by atoms with Crippen molar-refractivity contribution in [1.82, 2.24) is 15.4 Å². The van der Waals surface area contributed by atoms with Crippen molar-refractivity contribution >= 4 is 16.8 Å². The summed E-state index contributed by atoms with van der Waals surface area (Å²) in [6.45, 7) is 0.191. The van der Waals surface area contributed by atoms with Crippen LogP contribution in [0.15, 0.2) is 66.9 Å². The molecule has 3 N–H and O–H groups in total. The fourth-order valence-corrected chi connectivity index (χ4v) is 3.67. The Morgan fingerprint density at radius 3 is 2.28 bits per heavy atom. The van der Waals surface area contributed by atoms with Crippen LogP contribution in [0.3, 0.4) is 0 Å². The summed E-state index contributed by atoms with van der Waals surface area (Å²) in [5, 5.41) is 18.6. The minimum Gasteiger partial charge on any atom is -0.480 e. The molecule has 0 unspecified atom stereocenters. The van der Waals surface area contributed by atoms with Crippen LogP contribution in [0.2, 0.25) is 0 Å². The monoisotopic (exact) mass is 429 g/mol. The van der Waals surface area contributed by atoms with Gasteiger partial charge in [0.15, 0.2) is 0 Å². The molecule has 4 aromatic rings. The fourth-order valence-electron chi connectivity index (χ4n) is 3.67. The maximum atomic E-state index is 12.3. The molecule has 0 atom stereocenters. The summed E-state index contributed by atoms with van der Waals surface area (Å²) in [6, 6.07) is 19.5. The smallest absolute Gasteiger partial charge is 0.275 e. The van der Waals surface area contributed by atoms with Crippen molar-refractivity contribution in [3.63, 3.8) is 0 Å². The molecule has 0 aliphatic carbocycles. The third-order valence-electron chi connectivity index (χ3n) is 5.32. The number of hydrogen-bond acceptors (Lipinski definition) is 6. The average molecular weight is 429 g/mol. The van der Waals surface area contributed by atoms with Crippen LogP contribution in [0, 0.1) is 0 Å². The lowest BCUT2D eigenvalue weighted by atomic mass is 9.99. The molecule has 0 saturated heterocycles. The minimum atomic E-state index is -0.664. The highest BCUT2D eigenvalue weighted by Crippen LogP contribution is 2.31. The van der Waals surface area contributed by atoms with E-state index in [1.165, 1.54) is 12.7 Å². The molecule has 1 amide bonds. The Labute approximate surface area is 185 Å². The average Bonchev–Trinajstić information content (AvgIpc) is 2.86. The molecule has 7 heteroatoms. The molecular formula is C25H23N3O4. The zero-order chi connectivity index (χ0) is 22.5. The number of benzene rings is 2. The molecule has 2 heterocycles. The lowest BCUT2D eigenvalue weighted by molar-refractivity contribution is 0.0708. The minimum absolute atomic E-state index is 0.191. The number of carbonyl (C=O) groups excluding carboxylic acids is 1. The number of ether oxygens (including phenoxy) is 1. The van der Waals surface area contributed by atoms with Gasteiger partial charge in [-0.2, -0.15) is 0 Å². The first-order valence-electron chi connectivity index (χ1n) is 10.2. The third-order valence-corrected chi connectivity index (χ3v) is 5.32. The maximum Gasteiger partial charge on any atom is 0.275 e. The van der Waals surface area contributed by atoms with Gasteiger partial charge in [-0.25, -0.2) is 15.4 Å². The highest BCUT2D eigenvalue weighted by molar-refractivity contribution is 6.08. The number of carbonyl (C=O) groups is 1. The van der Waals surface area contributed by atoms with E-state index in [1.807, 2.05) is 24.3 Å². The van der Waals surface area contributed by atoms with Crippen LogP contribution >= 0.6 is 0 Å². The van der Waals surface area contributed by atoms with Crippen LogP contribution in [0.1, 0.15) is 22.3 Å². The van der Waals surface area contributed by atoms with Gasteiger partial charge in [0.25, 0.3) is 5.91 Å². The van der Waals surface area contributed by atoms with Gasteiger partial charge in [-0.3, -0.25) is 10.0 Å². The predicted octanol–water partition coefficient (Wildman–Crippen LogP) is 4.02. The summed E-state index contributed by atoms with van der Waals surface area (Å²) in [4.78, 5) is 21.1. The van der Waals surface area contributed by atoms with Crippen molar-refractivity contribution in [2.45, 2.75) is 12.8 Å². The number of aliphatic hydroxyl groups is 1. The van der Waals surface area contributed by atoms with Gasteiger partial charge in [0.05, 0.1) is 29.3 Å². The van der Waals surface area contributed by atoms with Gasteiger partial charge in [-0.05, 0) is 41.7 Å². The van der Waals surface area contributed by atoms with Gasteiger partial charge in [0, 0.05) is 18.4 Å². The van der Waals surface area contributed by atoms with Crippen LogP contribution in [0.25, 0.3) is 33.3 Å². The topological polar surface area (TPSA) is 105 Å². The van der Waals surface area contributed by atoms with Gasteiger partial charge >= 0.3 is 0 Å². The number of rotatable bonds is 7. The molecule has 162 valence electrons. The summed E-state index contributed by atoms with van der Waals surface area (Å²) >= 11 is 0. The lowest BCUT2D eigenvalue weighted by Crippen LogP contribution is -2.19. The number of methoxy groups -OCH3 is 1. The first-order chi connectivity index (χ1) is 15.6. The van der Waals surface area contributed by atoms with Crippen LogP contribution in [0.5, 0.6) is 5.88 Å². The van der Waals surface area contributed by atoms with Gasteiger partial charge in [-0.1, -0.05) is 48.5 Å². The van der Waals surface area contributed by atoms with E-state index >= 15 is 0 Å². The second kappa shape index (κ2) is 9.55. The standard InChI is InChI=1S/C25H23N3O4/c1-32-25-23-20(24(30)28-31)15-22(27-21(23)12-13-26-25)19-10-8-18(9-11-19)17-6-4-16(5-7-17)3-2-14-29/h4-13,15,29,31H,2-3,14H2,1H3,(H,28,30). The highest BCUT2D eigenvalue weighted by atomic mass is 16.5. The van der Waals surface area contributed by atoms with E-state index in [0.717, 1.165) is 29.5 Å². The summed E-state index contributed by atoms with van der Waals surface area (Å²) in [5.41, 5.74) is 7.21. The third kappa shape index (κ3) is 4.30. The zero-order valence-electron chi connectivity index (χ0n) is 17.6. The van der Waals surface area contributed by atoms with E-state index in [2.05, 4.69) is 34.2 Å². The molecule has 0 fully saturated rings. The number of aryl methyl sites for hydroxylation is 1. The van der Waals surface area contributed by atoms with E-state index in [0.29, 0.717) is 16.6 Å². The molecule has 0 radical (unpaired) electrons. The predicted molar refractivity (Wildman–Crippen MR) is 122 cm³/mol. The van der Waals surface area contributed by atoms with E-state index < -0.39 is 5.91 Å². The van der Waals surface area contributed by atoms with Gasteiger partial charge in [0.2, 0.25) is 5.88 Å². The normalized spacial score (nSPS) is 10.8. The number of hydrogen-bond donors (Lipinski definition) is 3. The zero-order valence-corrected chi connectivity index (χ0v) is 17.6. The summed E-state index contributed by atoms with van der Waals surface area (Å²) in [7, 11) is 1.47. The quantitative estimate of drug-likeness (QED) is 0.303. The molecule has 0 bridgehead atoms. The highest BCUT2D eigenvalue weighted by Gasteiger charge is 2.18. The van der Waals surface area contributed by atoms with Crippen LogP contribution in [0.4, 0.5) is 0 Å². The van der Waals surface area contributed by atoms with Crippen molar-refractivity contribution in [1.29, 1.82) is 0 Å². The molecular weight excluding hydrogens is 406 g/mol. The molecule has 0 aliphatic heterocycles. The molecule has 2 aromatic heterocycles. The Balaban J connectivity index is 1.69. The first-order valence-corrected chi connectivity index (χ1v) is 10.2. The van der Waals surface area contributed by atoms with E-state index in [1.54, 1.807) is 23.8 Å². The first kappa shape index (κ1) is 21.4. The van der Waals surface area contributed by atoms with Crippen molar-refractivity contribution in [2.24, 2.45) is 0 Å². The van der Waals surface area contributed by atoms with Crippen LogP contribution in [-0.2, 0) is 6.42 Å². The van der Waals surface area contributed by atoms with Gasteiger partial charge in [-0.15, -0.1) is 0 Å². The SMILES string of the molecule is COc1nccc2nc(-c3ccc(-c4ccc(CCCO)cc4)cc3)cc(C(=O)NO)c12. The molecule has 32 heavy (non-hydrogen) atoms. The molecule has 7 nitrogen and oxygen atoms in total. The van der Waals surface area contributed by atoms with Crippen LogP contribution in [-0.4, -0.2) is 39.9 Å². The number of nitrogens with one attached hydrogen (secondary N) is 1. The fraction of sp³-hybridized carbons (Fsp3) is 0.160. The van der Waals surface area contributed by atoms with E-state index in [9.17, 15) is 10.0 Å². The Morgan fingerprint density at radius 2 is 1.66 bits per heavy atom. The van der Waals surface area contributed by atoms with Crippen molar-refractivity contribution in [3.05, 3.63) is 78.0 Å². The van der Waals surface area contributed by atoms with Crippen molar-refractivity contribution in [2.75, 3.05) is 13.7 Å². The number of nitrogens with zero attached hydrogens (tertiary/aromatic N) is 2. The molecule has 4 rings (SSSR count). The molecule has 0 spiro atoms. The molecule has 2 aromatic carbocycles. The largest absolute Gasteiger partial charge is 0.480 e. The molecule has 0 saturated carbocycles. The second-order valence-electron chi connectivity index (χ2n) is 7.31. The number of hydroxylamine groups is 1. The Morgan fingerprint density at radius 1 is 1.00 bits per heavy atom. The van der Waals surface area contributed by atoms with E-state index in [4.69, 9.17) is 9.84 Å². The number of pyridine rings is 2. The maximum absolute atomic E-state index is 12.3. The van der Waals surface area contributed by atoms with Crippen LogP contribution < -0.4 is 10.2 Å². The molecule has 0 aliphatic rings. The number of amides is 1. The lowest BCUT2D eigenvalue weighted by Gasteiger charge is -2.11. The summed E-state index contributed by atoms with van der Waals surface area (Å²) < 4.78 is 5.28. The summed E-state index contributed by atoms with van der Waals surface area (Å²) in [5.74, 6) is -0.402. The Kier molecular flexibility index (Phi) is 6.39. The van der Waals surface area contributed by atoms with Crippen molar-refractivity contribution < 1.29 is 19.8 Å². The Bertz CT molecular complexity index is 1240.